The molecule has 0 radical (unpaired) electrons. The second kappa shape index (κ2) is 7.16. The average Bonchev–Trinajstić information content (AvgIpc) is 3.52. The zero-order chi connectivity index (χ0) is 22.7. The minimum atomic E-state index is -1.05. The molecule has 1 atom stereocenters. The van der Waals surface area contributed by atoms with Crippen molar-refractivity contribution in [3.8, 4) is 11.5 Å². The highest BCUT2D eigenvalue weighted by Crippen LogP contribution is 2.43. The van der Waals surface area contributed by atoms with E-state index < -0.39 is 5.97 Å². The van der Waals surface area contributed by atoms with Crippen LogP contribution in [0, 0.1) is 0 Å². The molecule has 0 bridgehead atoms. The molecule has 1 unspecified atom stereocenters. The highest BCUT2D eigenvalue weighted by Gasteiger charge is 2.34. The molecule has 0 fully saturated rings. The molecule has 2 aliphatic rings. The molecule has 0 spiro atoms. The lowest BCUT2D eigenvalue weighted by Gasteiger charge is -2.28. The van der Waals surface area contributed by atoms with Gasteiger partial charge in [0.05, 0.1) is 11.6 Å². The summed E-state index contributed by atoms with van der Waals surface area (Å²) >= 11 is 0. The van der Waals surface area contributed by atoms with Gasteiger partial charge in [0.15, 0.2) is 11.5 Å². The number of aromatic nitrogens is 2. The van der Waals surface area contributed by atoms with Gasteiger partial charge >= 0.3 is 5.97 Å². The molecule has 2 aliphatic heterocycles. The van der Waals surface area contributed by atoms with Gasteiger partial charge in [0.25, 0.3) is 5.91 Å². The molecule has 2 aromatic heterocycles. The molecule has 0 aliphatic carbocycles. The van der Waals surface area contributed by atoms with E-state index in [4.69, 9.17) is 14.6 Å². The van der Waals surface area contributed by atoms with Crippen LogP contribution in [0.1, 0.15) is 38.9 Å². The fraction of sp³-hybridized carbons (Fsp3) is 0.200. The first kappa shape index (κ1) is 19.5. The smallest absolute Gasteiger partial charge is 0.323 e. The molecule has 0 saturated heterocycles. The molecule has 2 aromatic carbocycles. The monoisotopic (exact) mass is 443 g/mol. The van der Waals surface area contributed by atoms with E-state index in [1.807, 2.05) is 42.6 Å². The van der Waals surface area contributed by atoms with Crippen LogP contribution in [-0.2, 0) is 11.2 Å². The van der Waals surface area contributed by atoms with Gasteiger partial charge in [0.2, 0.25) is 6.79 Å². The van der Waals surface area contributed by atoms with Crippen LogP contribution in [0.3, 0.4) is 0 Å². The Hall–Kier alpha value is -4.20. The Labute approximate surface area is 189 Å². The van der Waals surface area contributed by atoms with E-state index in [2.05, 4.69) is 15.6 Å². The van der Waals surface area contributed by atoms with Gasteiger partial charge in [-0.3, -0.25) is 9.59 Å². The number of para-hydroxylation sites is 1. The standard InChI is InChI=1S/C25H21N3O5/c1-27(12-22(29)30)25(31)16-8-9-28-19(16)11-17-15-4-2-3-5-18(15)26-23(17)24(28)14-6-7-20-21(10-14)33-13-32-20/h2-10,24,26H,11-13H2,1H3,(H,29,30). The average molecular weight is 443 g/mol. The Bertz CT molecular complexity index is 1430. The van der Waals surface area contributed by atoms with E-state index >= 15 is 0 Å². The van der Waals surface area contributed by atoms with E-state index in [0.29, 0.717) is 23.5 Å². The van der Waals surface area contributed by atoms with Crippen LogP contribution in [0.15, 0.2) is 54.7 Å². The number of aliphatic carboxylic acids is 1. The van der Waals surface area contributed by atoms with Crippen LogP contribution >= 0.6 is 0 Å². The largest absolute Gasteiger partial charge is 0.480 e. The molecular weight excluding hydrogens is 422 g/mol. The highest BCUT2D eigenvalue weighted by atomic mass is 16.7. The van der Waals surface area contributed by atoms with E-state index in [1.165, 1.54) is 11.9 Å². The highest BCUT2D eigenvalue weighted by molar-refractivity contribution is 5.97. The molecule has 4 heterocycles. The normalized spacial score (nSPS) is 15.8. The number of hydrogen-bond acceptors (Lipinski definition) is 4. The Kier molecular flexibility index (Phi) is 4.23. The Morgan fingerprint density at radius 2 is 1.97 bits per heavy atom. The summed E-state index contributed by atoms with van der Waals surface area (Å²) in [6.45, 7) is -0.155. The predicted molar refractivity (Wildman–Crippen MR) is 120 cm³/mol. The second-order valence-corrected chi connectivity index (χ2v) is 8.39. The van der Waals surface area contributed by atoms with Crippen LogP contribution in [0.2, 0.25) is 0 Å². The maximum Gasteiger partial charge on any atom is 0.323 e. The summed E-state index contributed by atoms with van der Waals surface area (Å²) in [6, 6.07) is 15.6. The van der Waals surface area contributed by atoms with Crippen molar-refractivity contribution >= 4 is 22.8 Å². The minimum Gasteiger partial charge on any atom is -0.480 e. The number of nitrogens with one attached hydrogen (secondary N) is 1. The zero-order valence-corrected chi connectivity index (χ0v) is 17.9. The van der Waals surface area contributed by atoms with Gasteiger partial charge in [-0.1, -0.05) is 24.3 Å². The first-order valence-electron chi connectivity index (χ1n) is 10.7. The lowest BCUT2D eigenvalue weighted by molar-refractivity contribution is -0.137. The quantitative estimate of drug-likeness (QED) is 0.444. The molecule has 6 rings (SSSR count). The number of benzene rings is 2. The van der Waals surface area contributed by atoms with Crippen LogP contribution in [0.25, 0.3) is 10.9 Å². The van der Waals surface area contributed by atoms with Crippen molar-refractivity contribution < 1.29 is 24.2 Å². The number of ether oxygens (including phenoxy) is 2. The lowest BCUT2D eigenvalue weighted by Crippen LogP contribution is -2.33. The zero-order valence-electron chi connectivity index (χ0n) is 17.9. The predicted octanol–water partition coefficient (Wildman–Crippen LogP) is 3.40. The van der Waals surface area contributed by atoms with Crippen molar-refractivity contribution in [3.63, 3.8) is 0 Å². The summed E-state index contributed by atoms with van der Waals surface area (Å²) in [5, 5.41) is 10.2. The molecule has 8 heteroatoms. The first-order chi connectivity index (χ1) is 16.0. The topological polar surface area (TPSA) is 96.8 Å². The maximum atomic E-state index is 13.1. The van der Waals surface area contributed by atoms with Gasteiger partial charge in [-0.05, 0) is 35.4 Å². The number of carboxylic acid groups (broad SMARTS) is 1. The summed E-state index contributed by atoms with van der Waals surface area (Å²) < 4.78 is 13.2. The molecule has 4 aromatic rings. The summed E-state index contributed by atoms with van der Waals surface area (Å²) in [5.41, 5.74) is 5.61. The Balaban J connectivity index is 1.53. The van der Waals surface area contributed by atoms with Gasteiger partial charge in [-0.2, -0.15) is 0 Å². The number of aromatic amines is 1. The third-order valence-corrected chi connectivity index (χ3v) is 6.43. The van der Waals surface area contributed by atoms with Crippen molar-refractivity contribution in [1.82, 2.24) is 14.5 Å². The summed E-state index contributed by atoms with van der Waals surface area (Å²) in [6.07, 6.45) is 2.47. The molecular formula is C25H21N3O5. The van der Waals surface area contributed by atoms with E-state index in [0.717, 1.165) is 33.4 Å². The molecule has 33 heavy (non-hydrogen) atoms. The first-order valence-corrected chi connectivity index (χ1v) is 10.7. The fourth-order valence-corrected chi connectivity index (χ4v) is 4.95. The van der Waals surface area contributed by atoms with E-state index in [9.17, 15) is 9.59 Å². The van der Waals surface area contributed by atoms with E-state index in [-0.39, 0.29) is 25.3 Å². The number of H-pyrrole nitrogens is 1. The van der Waals surface area contributed by atoms with Crippen LogP contribution in [0.5, 0.6) is 11.5 Å². The Morgan fingerprint density at radius 3 is 2.82 bits per heavy atom. The third kappa shape index (κ3) is 2.98. The second-order valence-electron chi connectivity index (χ2n) is 8.39. The number of hydrogen-bond donors (Lipinski definition) is 2. The van der Waals surface area contributed by atoms with Crippen molar-refractivity contribution in [2.24, 2.45) is 0 Å². The molecule has 0 saturated carbocycles. The number of nitrogens with zero attached hydrogens (tertiary/aromatic N) is 2. The summed E-state index contributed by atoms with van der Waals surface area (Å²) in [4.78, 5) is 29.1. The van der Waals surface area contributed by atoms with Gasteiger partial charge in [-0.15, -0.1) is 0 Å². The summed E-state index contributed by atoms with van der Waals surface area (Å²) in [7, 11) is 1.51. The Morgan fingerprint density at radius 1 is 1.15 bits per heavy atom. The van der Waals surface area contributed by atoms with Gasteiger partial charge in [-0.25, -0.2) is 0 Å². The number of fused-ring (bicyclic) bond motifs is 5. The number of amides is 1. The van der Waals surface area contributed by atoms with E-state index in [1.54, 1.807) is 6.07 Å². The van der Waals surface area contributed by atoms with Gasteiger partial charge in [0.1, 0.15) is 6.54 Å². The maximum absolute atomic E-state index is 13.1. The molecule has 166 valence electrons. The lowest BCUT2D eigenvalue weighted by atomic mass is 9.91. The van der Waals surface area contributed by atoms with Crippen molar-refractivity contribution in [2.45, 2.75) is 12.5 Å². The van der Waals surface area contributed by atoms with Crippen molar-refractivity contribution in [1.29, 1.82) is 0 Å². The fourth-order valence-electron chi connectivity index (χ4n) is 4.95. The molecule has 8 nitrogen and oxygen atoms in total. The molecule has 1 amide bonds. The van der Waals surface area contributed by atoms with Gasteiger partial charge < -0.3 is 29.0 Å². The molecule has 2 N–H and O–H groups in total. The number of carboxylic acids is 1. The number of carbonyl (C=O) groups excluding carboxylic acids is 1. The van der Waals surface area contributed by atoms with Crippen LogP contribution in [-0.4, -0.2) is 51.8 Å². The van der Waals surface area contributed by atoms with Crippen molar-refractivity contribution in [3.05, 3.63) is 82.8 Å². The van der Waals surface area contributed by atoms with Crippen LogP contribution < -0.4 is 9.47 Å². The number of rotatable bonds is 4. The number of carbonyl (C=O) groups is 2. The van der Waals surface area contributed by atoms with Gasteiger partial charge in [0, 0.05) is 42.0 Å². The SMILES string of the molecule is CN(CC(=O)O)C(=O)c1ccn2c1Cc1c([nH]c3ccccc13)C2c1ccc2c(c1)OCO2. The summed E-state index contributed by atoms with van der Waals surface area (Å²) in [5.74, 6) is 0.0576. The minimum absolute atomic E-state index is 0.197. The third-order valence-electron chi connectivity index (χ3n) is 6.43. The van der Waals surface area contributed by atoms with Crippen LogP contribution in [0.4, 0.5) is 0 Å². The van der Waals surface area contributed by atoms with Crippen molar-refractivity contribution in [2.75, 3.05) is 20.4 Å². The number of likely N-dealkylation sites (N-methyl/N-ethyl adjacent to an activating group) is 1.